The van der Waals surface area contributed by atoms with Crippen LogP contribution in [0.2, 0.25) is 0 Å². The number of hydrogen-bond donors (Lipinski definition) is 0. The molecule has 0 unspecified atom stereocenters. The second-order valence-electron chi connectivity index (χ2n) is 15.2. The Labute approximate surface area is 359 Å². The van der Waals surface area contributed by atoms with E-state index in [1.165, 1.54) is 10.3 Å². The van der Waals surface area contributed by atoms with Crippen molar-refractivity contribution in [3.8, 4) is 89.7 Å². The smallest absolute Gasteiger partial charge is 0.160 e. The SMILES string of the molecule is c1ccc(-c2cc(-c3ccccc3)nc(-c3cccc(-c4cccc(-c5cccc(-c6cccc(-c7nc(-c8ccccc8)nc8c7sc7ccccc78)c6)c5)c4)c3)c2)cc1. The van der Waals surface area contributed by atoms with Crippen LogP contribution >= 0.6 is 11.3 Å². The van der Waals surface area contributed by atoms with Crippen LogP contribution in [0.3, 0.4) is 0 Å². The summed E-state index contributed by atoms with van der Waals surface area (Å²) in [4.78, 5) is 15.6. The highest BCUT2D eigenvalue weighted by Crippen LogP contribution is 2.41. The number of pyridine rings is 1. The van der Waals surface area contributed by atoms with Crippen LogP contribution in [0.5, 0.6) is 0 Å². The summed E-state index contributed by atoms with van der Waals surface area (Å²) in [7, 11) is 0. The molecule has 0 saturated heterocycles. The second kappa shape index (κ2) is 15.8. The average molecular weight is 796 g/mol. The topological polar surface area (TPSA) is 38.7 Å². The van der Waals surface area contributed by atoms with Crippen LogP contribution in [0.15, 0.2) is 224 Å². The van der Waals surface area contributed by atoms with E-state index < -0.39 is 0 Å². The number of aromatic nitrogens is 3. The Kier molecular flexibility index (Phi) is 9.38. The number of benzene rings is 8. The highest BCUT2D eigenvalue weighted by atomic mass is 32.1. The van der Waals surface area contributed by atoms with Crippen LogP contribution in [0.25, 0.3) is 110 Å². The van der Waals surface area contributed by atoms with Crippen molar-refractivity contribution in [2.45, 2.75) is 0 Å². The zero-order valence-corrected chi connectivity index (χ0v) is 33.9. The molecule has 3 nitrogen and oxygen atoms in total. The fourth-order valence-corrected chi connectivity index (χ4v) is 9.35. The third-order valence-corrected chi connectivity index (χ3v) is 12.4. The molecule has 0 N–H and O–H groups in total. The minimum absolute atomic E-state index is 0.735. The quantitative estimate of drug-likeness (QED) is 0.154. The van der Waals surface area contributed by atoms with E-state index in [1.807, 2.05) is 24.3 Å². The van der Waals surface area contributed by atoms with Gasteiger partial charge in [-0.15, -0.1) is 11.3 Å². The van der Waals surface area contributed by atoms with Crippen molar-refractivity contribution in [3.05, 3.63) is 224 Å². The van der Waals surface area contributed by atoms with Gasteiger partial charge in [-0.3, -0.25) is 0 Å². The molecule has 0 radical (unpaired) electrons. The molecular formula is C57H37N3S. The molecule has 0 atom stereocenters. The molecule has 0 aliphatic rings. The first-order valence-electron chi connectivity index (χ1n) is 20.5. The number of nitrogens with zero attached hydrogens (tertiary/aromatic N) is 3. The Bertz CT molecular complexity index is 3300. The molecule has 11 aromatic rings. The summed E-state index contributed by atoms with van der Waals surface area (Å²) in [6.07, 6.45) is 0. The molecule has 8 aromatic carbocycles. The molecule has 0 amide bonds. The molecule has 0 saturated carbocycles. The summed E-state index contributed by atoms with van der Waals surface area (Å²) < 4.78 is 2.31. The van der Waals surface area contributed by atoms with Crippen LogP contribution in [0, 0.1) is 0 Å². The van der Waals surface area contributed by atoms with E-state index in [2.05, 4.69) is 200 Å². The minimum Gasteiger partial charge on any atom is -0.248 e. The highest BCUT2D eigenvalue weighted by molar-refractivity contribution is 7.26. The Balaban J connectivity index is 0.941. The summed E-state index contributed by atoms with van der Waals surface area (Å²) in [5, 5.41) is 1.16. The van der Waals surface area contributed by atoms with Crippen molar-refractivity contribution >= 4 is 31.6 Å². The molecule has 3 heterocycles. The maximum Gasteiger partial charge on any atom is 0.160 e. The fourth-order valence-electron chi connectivity index (χ4n) is 8.20. The zero-order valence-electron chi connectivity index (χ0n) is 33.1. The molecule has 3 aromatic heterocycles. The molecule has 0 bridgehead atoms. The van der Waals surface area contributed by atoms with Gasteiger partial charge in [-0.05, 0) is 87.0 Å². The lowest BCUT2D eigenvalue weighted by Crippen LogP contribution is -1.93. The van der Waals surface area contributed by atoms with Crippen molar-refractivity contribution in [3.63, 3.8) is 0 Å². The Hall–Kier alpha value is -7.79. The maximum atomic E-state index is 5.23. The van der Waals surface area contributed by atoms with Crippen LogP contribution in [-0.4, -0.2) is 15.0 Å². The number of fused-ring (bicyclic) bond motifs is 3. The number of thiophene rings is 1. The van der Waals surface area contributed by atoms with Gasteiger partial charge in [0, 0.05) is 32.3 Å². The second-order valence-corrected chi connectivity index (χ2v) is 16.3. The van der Waals surface area contributed by atoms with Crippen LogP contribution in [-0.2, 0) is 0 Å². The summed E-state index contributed by atoms with van der Waals surface area (Å²) in [5.74, 6) is 0.735. The third kappa shape index (κ3) is 7.20. The van der Waals surface area contributed by atoms with E-state index in [0.717, 1.165) is 99.7 Å². The van der Waals surface area contributed by atoms with Gasteiger partial charge >= 0.3 is 0 Å². The molecule has 0 fully saturated rings. The van der Waals surface area contributed by atoms with Gasteiger partial charge in [0.25, 0.3) is 0 Å². The first-order valence-corrected chi connectivity index (χ1v) is 21.3. The van der Waals surface area contributed by atoms with E-state index >= 15 is 0 Å². The molecule has 0 spiro atoms. The van der Waals surface area contributed by atoms with E-state index in [1.54, 1.807) is 11.3 Å². The van der Waals surface area contributed by atoms with Gasteiger partial charge in [-0.25, -0.2) is 15.0 Å². The van der Waals surface area contributed by atoms with Gasteiger partial charge < -0.3 is 0 Å². The maximum absolute atomic E-state index is 5.23. The number of hydrogen-bond acceptors (Lipinski definition) is 4. The zero-order chi connectivity index (χ0) is 40.5. The normalized spacial score (nSPS) is 11.3. The van der Waals surface area contributed by atoms with Crippen molar-refractivity contribution in [2.24, 2.45) is 0 Å². The van der Waals surface area contributed by atoms with E-state index in [-0.39, 0.29) is 0 Å². The van der Waals surface area contributed by atoms with Gasteiger partial charge in [-0.2, -0.15) is 0 Å². The van der Waals surface area contributed by atoms with E-state index in [9.17, 15) is 0 Å². The summed E-state index contributed by atoms with van der Waals surface area (Å²) in [6, 6.07) is 79.3. The molecule has 11 rings (SSSR count). The van der Waals surface area contributed by atoms with Crippen molar-refractivity contribution in [1.82, 2.24) is 15.0 Å². The Morgan fingerprint density at radius 3 is 1.30 bits per heavy atom. The van der Waals surface area contributed by atoms with Crippen molar-refractivity contribution < 1.29 is 0 Å². The van der Waals surface area contributed by atoms with E-state index in [0.29, 0.717) is 0 Å². The van der Waals surface area contributed by atoms with Crippen molar-refractivity contribution in [1.29, 1.82) is 0 Å². The molecule has 0 aliphatic carbocycles. The number of rotatable bonds is 8. The lowest BCUT2D eigenvalue weighted by atomic mass is 9.94. The molecule has 286 valence electrons. The predicted octanol–water partition coefficient (Wildman–Crippen LogP) is 15.6. The monoisotopic (exact) mass is 795 g/mol. The standard InChI is InChI=1S/C57H37N3S/c1-4-16-38(17-5-1)49-36-51(39-18-6-2-7-19-39)58-52(37-49)47-28-14-26-45(34-47)43-24-12-22-41(32-43)42-23-13-25-44(33-42)46-27-15-29-48(35-46)54-56-55(50-30-10-11-31-53(50)61-56)60-57(59-54)40-20-8-3-9-21-40/h1-37H. The lowest BCUT2D eigenvalue weighted by Gasteiger charge is -2.12. The highest BCUT2D eigenvalue weighted by Gasteiger charge is 2.17. The van der Waals surface area contributed by atoms with Gasteiger partial charge in [0.15, 0.2) is 5.82 Å². The summed E-state index contributed by atoms with van der Waals surface area (Å²) in [5.41, 5.74) is 17.3. The fraction of sp³-hybridized carbons (Fsp3) is 0. The van der Waals surface area contributed by atoms with Gasteiger partial charge in [0.05, 0.1) is 27.3 Å². The summed E-state index contributed by atoms with van der Waals surface area (Å²) in [6.45, 7) is 0. The van der Waals surface area contributed by atoms with Gasteiger partial charge in [0.1, 0.15) is 0 Å². The van der Waals surface area contributed by atoms with Crippen LogP contribution < -0.4 is 0 Å². The molecule has 0 aliphatic heterocycles. The van der Waals surface area contributed by atoms with Crippen LogP contribution in [0.4, 0.5) is 0 Å². The van der Waals surface area contributed by atoms with Gasteiger partial charge in [-0.1, -0.05) is 182 Å². The van der Waals surface area contributed by atoms with Crippen LogP contribution in [0.1, 0.15) is 0 Å². The third-order valence-electron chi connectivity index (χ3n) is 11.3. The lowest BCUT2D eigenvalue weighted by molar-refractivity contribution is 1.24. The predicted molar refractivity (Wildman–Crippen MR) is 256 cm³/mol. The first-order chi connectivity index (χ1) is 30.2. The summed E-state index contributed by atoms with van der Waals surface area (Å²) >= 11 is 1.76. The van der Waals surface area contributed by atoms with Crippen molar-refractivity contribution in [2.75, 3.05) is 0 Å². The van der Waals surface area contributed by atoms with Gasteiger partial charge in [0.2, 0.25) is 0 Å². The molecule has 61 heavy (non-hydrogen) atoms. The Morgan fingerprint density at radius 2 is 0.705 bits per heavy atom. The Morgan fingerprint density at radius 1 is 0.279 bits per heavy atom. The minimum atomic E-state index is 0.735. The molecule has 4 heteroatoms. The molecular weight excluding hydrogens is 759 g/mol. The average Bonchev–Trinajstić information content (AvgIpc) is 3.73. The van der Waals surface area contributed by atoms with E-state index in [4.69, 9.17) is 15.0 Å². The largest absolute Gasteiger partial charge is 0.248 e. The first kappa shape index (κ1) is 36.3.